The summed E-state index contributed by atoms with van der Waals surface area (Å²) in [6, 6.07) is 15.8. The average Bonchev–Trinajstić information content (AvgIpc) is 3.02. The van der Waals surface area contributed by atoms with Crippen molar-refractivity contribution in [3.05, 3.63) is 81.7 Å². The van der Waals surface area contributed by atoms with E-state index in [0.717, 1.165) is 11.3 Å². The first-order valence-corrected chi connectivity index (χ1v) is 8.31. The Labute approximate surface area is 155 Å². The molecule has 6 heteroatoms. The fraction of sp³-hybridized carbons (Fsp3) is 0.105. The zero-order valence-electron chi connectivity index (χ0n) is 13.4. The molecule has 3 aromatic rings. The van der Waals surface area contributed by atoms with E-state index in [2.05, 4.69) is 5.32 Å². The van der Waals surface area contributed by atoms with E-state index in [1.807, 2.05) is 31.2 Å². The van der Waals surface area contributed by atoms with Gasteiger partial charge in [0.1, 0.15) is 18.1 Å². The standard InChI is InChI=1S/C19H15Cl2NO3/c1-12-2-4-16(5-3-12)24-11-17-6-7-18(25-17)19(23)22-15-9-13(20)8-14(21)10-15/h2-10H,11H2,1H3,(H,22,23). The van der Waals surface area contributed by atoms with Gasteiger partial charge in [0.25, 0.3) is 5.91 Å². The van der Waals surface area contributed by atoms with E-state index >= 15 is 0 Å². The van der Waals surface area contributed by atoms with E-state index in [1.54, 1.807) is 30.3 Å². The number of ether oxygens (including phenoxy) is 1. The van der Waals surface area contributed by atoms with Crippen molar-refractivity contribution in [1.82, 2.24) is 0 Å². The number of aryl methyl sites for hydroxylation is 1. The van der Waals surface area contributed by atoms with Gasteiger partial charge in [0.05, 0.1) is 0 Å². The normalized spacial score (nSPS) is 10.5. The molecule has 0 atom stereocenters. The lowest BCUT2D eigenvalue weighted by molar-refractivity contribution is 0.0992. The first-order chi connectivity index (χ1) is 12.0. The van der Waals surface area contributed by atoms with Gasteiger partial charge in [-0.25, -0.2) is 0 Å². The maximum atomic E-state index is 12.2. The van der Waals surface area contributed by atoms with Crippen LogP contribution in [-0.4, -0.2) is 5.91 Å². The van der Waals surface area contributed by atoms with Gasteiger partial charge in [0, 0.05) is 15.7 Å². The Morgan fingerprint density at radius 3 is 2.40 bits per heavy atom. The number of nitrogens with one attached hydrogen (secondary N) is 1. The van der Waals surface area contributed by atoms with Gasteiger partial charge in [-0.3, -0.25) is 4.79 Å². The van der Waals surface area contributed by atoms with Crippen molar-refractivity contribution in [2.75, 3.05) is 5.32 Å². The van der Waals surface area contributed by atoms with Crippen LogP contribution in [0.5, 0.6) is 5.75 Å². The van der Waals surface area contributed by atoms with Gasteiger partial charge in [-0.15, -0.1) is 0 Å². The molecular weight excluding hydrogens is 361 g/mol. The van der Waals surface area contributed by atoms with Crippen molar-refractivity contribution in [3.63, 3.8) is 0 Å². The number of amides is 1. The molecule has 128 valence electrons. The maximum absolute atomic E-state index is 12.2. The molecule has 3 rings (SSSR count). The molecule has 0 saturated carbocycles. The highest BCUT2D eigenvalue weighted by molar-refractivity contribution is 6.35. The van der Waals surface area contributed by atoms with Crippen molar-refractivity contribution in [1.29, 1.82) is 0 Å². The van der Waals surface area contributed by atoms with Gasteiger partial charge >= 0.3 is 0 Å². The Morgan fingerprint density at radius 2 is 1.72 bits per heavy atom. The van der Waals surface area contributed by atoms with E-state index in [4.69, 9.17) is 32.4 Å². The summed E-state index contributed by atoms with van der Waals surface area (Å²) in [6.07, 6.45) is 0. The number of furan rings is 1. The van der Waals surface area contributed by atoms with Crippen molar-refractivity contribution < 1.29 is 13.9 Å². The summed E-state index contributed by atoms with van der Waals surface area (Å²) >= 11 is 11.8. The topological polar surface area (TPSA) is 51.5 Å². The summed E-state index contributed by atoms with van der Waals surface area (Å²) in [7, 11) is 0. The third kappa shape index (κ3) is 4.78. The molecule has 1 heterocycles. The SMILES string of the molecule is Cc1ccc(OCc2ccc(C(=O)Nc3cc(Cl)cc(Cl)c3)o2)cc1. The molecule has 25 heavy (non-hydrogen) atoms. The van der Waals surface area contributed by atoms with Gasteiger partial charge in [-0.05, 0) is 49.4 Å². The molecule has 4 nitrogen and oxygen atoms in total. The van der Waals surface area contributed by atoms with Gasteiger partial charge in [0.15, 0.2) is 5.76 Å². The number of anilines is 1. The molecule has 0 aliphatic heterocycles. The van der Waals surface area contributed by atoms with E-state index < -0.39 is 0 Å². The highest BCUT2D eigenvalue weighted by atomic mass is 35.5. The minimum atomic E-state index is -0.389. The highest BCUT2D eigenvalue weighted by Gasteiger charge is 2.12. The average molecular weight is 376 g/mol. The number of carbonyl (C=O) groups is 1. The minimum Gasteiger partial charge on any atom is -0.486 e. The number of hydrogen-bond acceptors (Lipinski definition) is 3. The van der Waals surface area contributed by atoms with Gasteiger partial charge in [-0.2, -0.15) is 0 Å². The van der Waals surface area contributed by atoms with Crippen LogP contribution in [0.2, 0.25) is 10.0 Å². The molecule has 0 spiro atoms. The van der Waals surface area contributed by atoms with Crippen molar-refractivity contribution in [2.24, 2.45) is 0 Å². The summed E-state index contributed by atoms with van der Waals surface area (Å²) < 4.78 is 11.2. The Kier molecular flexibility index (Phi) is 5.31. The molecule has 0 aliphatic rings. The van der Waals surface area contributed by atoms with Crippen LogP contribution in [0.15, 0.2) is 59.0 Å². The monoisotopic (exact) mass is 375 g/mol. The molecule has 0 bridgehead atoms. The summed E-state index contributed by atoms with van der Waals surface area (Å²) in [5.41, 5.74) is 1.65. The van der Waals surface area contributed by atoms with Crippen molar-refractivity contribution in [2.45, 2.75) is 13.5 Å². The van der Waals surface area contributed by atoms with Crippen molar-refractivity contribution >= 4 is 34.8 Å². The summed E-state index contributed by atoms with van der Waals surface area (Å²) in [6.45, 7) is 2.24. The summed E-state index contributed by atoms with van der Waals surface area (Å²) in [5, 5.41) is 3.57. The fourth-order valence-electron chi connectivity index (χ4n) is 2.19. The quantitative estimate of drug-likeness (QED) is 0.619. The van der Waals surface area contributed by atoms with Gasteiger partial charge in [-0.1, -0.05) is 40.9 Å². The van der Waals surface area contributed by atoms with Gasteiger partial charge < -0.3 is 14.5 Å². The third-order valence-electron chi connectivity index (χ3n) is 3.41. The molecule has 0 unspecified atom stereocenters. The van der Waals surface area contributed by atoms with Crippen LogP contribution in [0.1, 0.15) is 21.9 Å². The highest BCUT2D eigenvalue weighted by Crippen LogP contribution is 2.23. The van der Waals surface area contributed by atoms with Crippen LogP contribution in [0.3, 0.4) is 0 Å². The van der Waals surface area contributed by atoms with E-state index in [1.165, 1.54) is 0 Å². The molecule has 0 aliphatic carbocycles. The number of benzene rings is 2. The minimum absolute atomic E-state index is 0.179. The Morgan fingerprint density at radius 1 is 1.04 bits per heavy atom. The second kappa shape index (κ2) is 7.64. The summed E-state index contributed by atoms with van der Waals surface area (Å²) in [4.78, 5) is 12.2. The third-order valence-corrected chi connectivity index (χ3v) is 3.84. The predicted molar refractivity (Wildman–Crippen MR) is 98.6 cm³/mol. The molecule has 0 saturated heterocycles. The van der Waals surface area contributed by atoms with Crippen LogP contribution in [0.25, 0.3) is 0 Å². The lowest BCUT2D eigenvalue weighted by Gasteiger charge is -2.05. The molecule has 2 aromatic carbocycles. The smallest absolute Gasteiger partial charge is 0.291 e. The van der Waals surface area contributed by atoms with E-state index in [-0.39, 0.29) is 18.3 Å². The number of halogens is 2. The second-order valence-electron chi connectivity index (χ2n) is 5.48. The zero-order valence-corrected chi connectivity index (χ0v) is 14.9. The van der Waals surface area contributed by atoms with Crippen LogP contribution in [0.4, 0.5) is 5.69 Å². The number of carbonyl (C=O) groups excluding carboxylic acids is 1. The maximum Gasteiger partial charge on any atom is 0.291 e. The Hall–Kier alpha value is -2.43. The first kappa shape index (κ1) is 17.4. The van der Waals surface area contributed by atoms with E-state index in [0.29, 0.717) is 21.5 Å². The molecular formula is C19H15Cl2NO3. The lowest BCUT2D eigenvalue weighted by atomic mass is 10.2. The fourth-order valence-corrected chi connectivity index (χ4v) is 2.71. The summed E-state index contributed by atoms with van der Waals surface area (Å²) in [5.74, 6) is 1.08. The lowest BCUT2D eigenvalue weighted by Crippen LogP contribution is -2.10. The Balaban J connectivity index is 1.62. The largest absolute Gasteiger partial charge is 0.486 e. The Bertz CT molecular complexity index is 868. The first-order valence-electron chi connectivity index (χ1n) is 7.55. The zero-order chi connectivity index (χ0) is 17.8. The van der Waals surface area contributed by atoms with Gasteiger partial charge in [0.2, 0.25) is 0 Å². The molecule has 0 radical (unpaired) electrons. The molecule has 1 aromatic heterocycles. The molecule has 1 N–H and O–H groups in total. The predicted octanol–water partition coefficient (Wildman–Crippen LogP) is 5.73. The molecule has 1 amide bonds. The van der Waals surface area contributed by atoms with Crippen LogP contribution < -0.4 is 10.1 Å². The second-order valence-corrected chi connectivity index (χ2v) is 6.35. The van der Waals surface area contributed by atoms with Crippen LogP contribution in [-0.2, 0) is 6.61 Å². The van der Waals surface area contributed by atoms with Crippen LogP contribution >= 0.6 is 23.2 Å². The van der Waals surface area contributed by atoms with Crippen molar-refractivity contribution in [3.8, 4) is 5.75 Å². The van der Waals surface area contributed by atoms with E-state index in [9.17, 15) is 4.79 Å². The number of rotatable bonds is 5. The number of hydrogen-bond donors (Lipinski definition) is 1. The van der Waals surface area contributed by atoms with Crippen LogP contribution in [0, 0.1) is 6.92 Å². The molecule has 0 fully saturated rings.